The molecule has 3 rings (SSSR count). The Morgan fingerprint density at radius 1 is 1.21 bits per heavy atom. The lowest BCUT2D eigenvalue weighted by molar-refractivity contribution is 0.569. The molecule has 0 amide bonds. The molecule has 1 nitrogen and oxygen atoms in total. The summed E-state index contributed by atoms with van der Waals surface area (Å²) in [7, 11) is 0. The summed E-state index contributed by atoms with van der Waals surface area (Å²) in [6.45, 7) is 2.17. The van der Waals surface area contributed by atoms with Crippen molar-refractivity contribution in [3.63, 3.8) is 0 Å². The molecule has 1 aliphatic heterocycles. The molecule has 0 saturated heterocycles. The van der Waals surface area contributed by atoms with Crippen LogP contribution in [0.1, 0.15) is 30.4 Å². The lowest BCUT2D eigenvalue weighted by atomic mass is 9.94. The molecule has 1 aromatic carbocycles. The fourth-order valence-corrected chi connectivity index (χ4v) is 2.51. The van der Waals surface area contributed by atoms with E-state index in [-0.39, 0.29) is 0 Å². The first kappa shape index (κ1) is 8.34. The quantitative estimate of drug-likeness (QED) is 0.712. The van der Waals surface area contributed by atoms with E-state index < -0.39 is 0 Å². The molecule has 1 heterocycles. The molecule has 1 N–H and O–H groups in total. The Hall–Kier alpha value is -0.980. The van der Waals surface area contributed by atoms with Crippen LogP contribution in [0.3, 0.4) is 0 Å². The minimum atomic E-state index is 0.769. The van der Waals surface area contributed by atoms with Crippen LogP contribution in [0.4, 0.5) is 5.69 Å². The van der Waals surface area contributed by atoms with Crippen molar-refractivity contribution < 1.29 is 0 Å². The van der Waals surface area contributed by atoms with E-state index in [0.717, 1.165) is 12.0 Å². The molecule has 0 spiro atoms. The normalized spacial score (nSPS) is 25.4. The summed E-state index contributed by atoms with van der Waals surface area (Å²) < 4.78 is 0. The SMILES string of the molecule is Cc1ccc2c(c1)CCC(C1CC1)N2. The van der Waals surface area contributed by atoms with Crippen molar-refractivity contribution >= 4 is 5.69 Å². The van der Waals surface area contributed by atoms with Crippen LogP contribution in [0, 0.1) is 12.8 Å². The van der Waals surface area contributed by atoms with Gasteiger partial charge in [-0.3, -0.25) is 0 Å². The summed E-state index contributed by atoms with van der Waals surface area (Å²) in [6.07, 6.45) is 5.49. The van der Waals surface area contributed by atoms with E-state index in [9.17, 15) is 0 Å². The van der Waals surface area contributed by atoms with E-state index in [4.69, 9.17) is 0 Å². The van der Waals surface area contributed by atoms with Crippen LogP contribution in [-0.4, -0.2) is 6.04 Å². The van der Waals surface area contributed by atoms with Gasteiger partial charge in [-0.2, -0.15) is 0 Å². The van der Waals surface area contributed by atoms with Gasteiger partial charge in [0.2, 0.25) is 0 Å². The highest BCUT2D eigenvalue weighted by Crippen LogP contribution is 2.39. The third-order valence-corrected chi connectivity index (χ3v) is 3.52. The van der Waals surface area contributed by atoms with Crippen LogP contribution in [0.5, 0.6) is 0 Å². The molecular weight excluding hydrogens is 170 g/mol. The standard InChI is InChI=1S/C13H17N/c1-9-2-6-13-11(8-9)5-7-12(14-13)10-3-4-10/h2,6,8,10,12,14H,3-5,7H2,1H3. The van der Waals surface area contributed by atoms with Crippen LogP contribution in [0.15, 0.2) is 18.2 Å². The largest absolute Gasteiger partial charge is 0.382 e. The minimum absolute atomic E-state index is 0.769. The van der Waals surface area contributed by atoms with Crippen molar-refractivity contribution in [3.8, 4) is 0 Å². The van der Waals surface area contributed by atoms with Crippen LogP contribution in [-0.2, 0) is 6.42 Å². The van der Waals surface area contributed by atoms with Crippen molar-refractivity contribution in [1.82, 2.24) is 0 Å². The van der Waals surface area contributed by atoms with Crippen LogP contribution in [0.25, 0.3) is 0 Å². The van der Waals surface area contributed by atoms with Gasteiger partial charge in [0.05, 0.1) is 0 Å². The molecule has 1 saturated carbocycles. The van der Waals surface area contributed by atoms with E-state index in [1.165, 1.54) is 42.5 Å². The molecule has 1 aromatic rings. The first-order valence-electron chi connectivity index (χ1n) is 5.69. The van der Waals surface area contributed by atoms with Crippen molar-refractivity contribution in [1.29, 1.82) is 0 Å². The first-order valence-corrected chi connectivity index (χ1v) is 5.69. The maximum absolute atomic E-state index is 3.69. The van der Waals surface area contributed by atoms with Gasteiger partial charge in [0.25, 0.3) is 0 Å². The second-order valence-electron chi connectivity index (χ2n) is 4.79. The topological polar surface area (TPSA) is 12.0 Å². The van der Waals surface area contributed by atoms with Gasteiger partial charge in [-0.1, -0.05) is 17.7 Å². The zero-order chi connectivity index (χ0) is 9.54. The molecular formula is C13H17N. The fourth-order valence-electron chi connectivity index (χ4n) is 2.51. The van der Waals surface area contributed by atoms with Crippen molar-refractivity contribution in [2.75, 3.05) is 5.32 Å². The number of nitrogens with one attached hydrogen (secondary N) is 1. The van der Waals surface area contributed by atoms with E-state index in [2.05, 4.69) is 30.4 Å². The monoisotopic (exact) mass is 187 g/mol. The number of rotatable bonds is 1. The Kier molecular flexibility index (Phi) is 1.79. The lowest BCUT2D eigenvalue weighted by Crippen LogP contribution is -2.27. The highest BCUT2D eigenvalue weighted by molar-refractivity contribution is 5.55. The second-order valence-corrected chi connectivity index (χ2v) is 4.79. The first-order chi connectivity index (χ1) is 6.83. The average molecular weight is 187 g/mol. The minimum Gasteiger partial charge on any atom is -0.382 e. The number of aryl methyl sites for hydroxylation is 2. The van der Waals surface area contributed by atoms with Gasteiger partial charge in [-0.25, -0.2) is 0 Å². The molecule has 0 radical (unpaired) electrons. The maximum atomic E-state index is 3.69. The Morgan fingerprint density at radius 3 is 2.86 bits per heavy atom. The average Bonchev–Trinajstić information content (AvgIpc) is 3.00. The fraction of sp³-hybridized carbons (Fsp3) is 0.538. The summed E-state index contributed by atoms with van der Waals surface area (Å²) in [6, 6.07) is 7.55. The third-order valence-electron chi connectivity index (χ3n) is 3.52. The second kappa shape index (κ2) is 3.01. The molecule has 1 atom stereocenters. The van der Waals surface area contributed by atoms with Gasteiger partial charge in [-0.05, 0) is 50.2 Å². The van der Waals surface area contributed by atoms with Gasteiger partial charge in [0, 0.05) is 11.7 Å². The molecule has 14 heavy (non-hydrogen) atoms. The Morgan fingerprint density at radius 2 is 2.07 bits per heavy atom. The van der Waals surface area contributed by atoms with E-state index in [0.29, 0.717) is 0 Å². The third kappa shape index (κ3) is 1.41. The molecule has 0 bridgehead atoms. The van der Waals surface area contributed by atoms with Crippen molar-refractivity contribution in [2.45, 2.75) is 38.6 Å². The number of anilines is 1. The molecule has 74 valence electrons. The van der Waals surface area contributed by atoms with Crippen LogP contribution in [0.2, 0.25) is 0 Å². The molecule has 0 aromatic heterocycles. The zero-order valence-corrected chi connectivity index (χ0v) is 8.72. The number of fused-ring (bicyclic) bond motifs is 1. The number of hydrogen-bond donors (Lipinski definition) is 1. The highest BCUT2D eigenvalue weighted by Gasteiger charge is 2.32. The lowest BCUT2D eigenvalue weighted by Gasteiger charge is -2.27. The molecule has 2 aliphatic rings. The predicted molar refractivity (Wildman–Crippen MR) is 59.6 cm³/mol. The molecule has 1 heteroatoms. The van der Waals surface area contributed by atoms with Crippen molar-refractivity contribution in [2.24, 2.45) is 5.92 Å². The molecule has 1 unspecified atom stereocenters. The predicted octanol–water partition coefficient (Wildman–Crippen LogP) is 3.13. The van der Waals surface area contributed by atoms with E-state index in [1.54, 1.807) is 0 Å². The van der Waals surface area contributed by atoms with E-state index in [1.807, 2.05) is 0 Å². The zero-order valence-electron chi connectivity index (χ0n) is 8.72. The van der Waals surface area contributed by atoms with Crippen molar-refractivity contribution in [3.05, 3.63) is 29.3 Å². The van der Waals surface area contributed by atoms with Gasteiger partial charge < -0.3 is 5.32 Å². The van der Waals surface area contributed by atoms with Gasteiger partial charge >= 0.3 is 0 Å². The maximum Gasteiger partial charge on any atom is 0.0375 e. The Balaban J connectivity index is 1.86. The number of benzene rings is 1. The van der Waals surface area contributed by atoms with Crippen LogP contribution >= 0.6 is 0 Å². The van der Waals surface area contributed by atoms with Gasteiger partial charge in [0.15, 0.2) is 0 Å². The summed E-state index contributed by atoms with van der Waals surface area (Å²) in [5, 5.41) is 3.69. The summed E-state index contributed by atoms with van der Waals surface area (Å²) in [4.78, 5) is 0. The Labute approximate surface area is 85.5 Å². The smallest absolute Gasteiger partial charge is 0.0375 e. The highest BCUT2D eigenvalue weighted by atomic mass is 14.9. The van der Waals surface area contributed by atoms with Gasteiger partial charge in [-0.15, -0.1) is 0 Å². The number of hydrogen-bond acceptors (Lipinski definition) is 1. The molecule has 1 fully saturated rings. The molecule has 1 aliphatic carbocycles. The van der Waals surface area contributed by atoms with E-state index >= 15 is 0 Å². The summed E-state index contributed by atoms with van der Waals surface area (Å²) in [5.74, 6) is 0.976. The van der Waals surface area contributed by atoms with Gasteiger partial charge in [0.1, 0.15) is 0 Å². The summed E-state index contributed by atoms with van der Waals surface area (Å²) in [5.41, 5.74) is 4.29. The Bertz CT molecular complexity index is 352. The van der Waals surface area contributed by atoms with Crippen LogP contribution < -0.4 is 5.32 Å². The summed E-state index contributed by atoms with van der Waals surface area (Å²) >= 11 is 0.